The minimum Gasteiger partial charge on any atom is -0.319 e. The second-order valence-electron chi connectivity index (χ2n) is 5.58. The zero-order valence-electron chi connectivity index (χ0n) is 12.3. The molecule has 1 aliphatic heterocycles. The van der Waals surface area contributed by atoms with Crippen LogP contribution >= 0.6 is 11.6 Å². The number of amides is 3. The molecule has 2 aromatic rings. The van der Waals surface area contributed by atoms with Crippen molar-refractivity contribution in [2.75, 3.05) is 0 Å². The molecule has 3 amide bonds. The van der Waals surface area contributed by atoms with Gasteiger partial charge in [-0.2, -0.15) is 0 Å². The molecule has 1 heterocycles. The highest BCUT2D eigenvalue weighted by Crippen LogP contribution is 2.30. The van der Waals surface area contributed by atoms with Gasteiger partial charge < -0.3 is 5.32 Å². The molecule has 0 radical (unpaired) electrons. The van der Waals surface area contributed by atoms with Crippen molar-refractivity contribution in [3.63, 3.8) is 0 Å². The molecule has 1 N–H and O–H groups in total. The summed E-state index contributed by atoms with van der Waals surface area (Å²) in [6.07, 6.45) is 0. The summed E-state index contributed by atoms with van der Waals surface area (Å²) in [6, 6.07) is 12.0. The Hall–Kier alpha value is -2.40. The molecular weight excluding hydrogens is 319 g/mol. The Morgan fingerprint density at radius 1 is 1.17 bits per heavy atom. The van der Waals surface area contributed by atoms with Crippen molar-refractivity contribution in [3.8, 4) is 0 Å². The van der Waals surface area contributed by atoms with E-state index in [2.05, 4.69) is 5.32 Å². The van der Waals surface area contributed by atoms with Gasteiger partial charge >= 0.3 is 6.03 Å². The van der Waals surface area contributed by atoms with Gasteiger partial charge in [-0.25, -0.2) is 9.18 Å². The lowest BCUT2D eigenvalue weighted by molar-refractivity contribution is -0.131. The monoisotopic (exact) mass is 332 g/mol. The number of hydrogen-bond donors (Lipinski definition) is 1. The fourth-order valence-corrected chi connectivity index (χ4v) is 2.85. The second kappa shape index (κ2) is 5.66. The molecule has 0 spiro atoms. The SMILES string of the molecule is CC1(c2ccc(F)cc2)NC(=O)N(Cc2cccc(Cl)c2)C1=O. The smallest absolute Gasteiger partial charge is 0.319 e. The molecule has 118 valence electrons. The van der Waals surface area contributed by atoms with Crippen molar-refractivity contribution in [1.82, 2.24) is 10.2 Å². The van der Waals surface area contributed by atoms with Crippen LogP contribution in [0.1, 0.15) is 18.1 Å². The summed E-state index contributed by atoms with van der Waals surface area (Å²) in [5.74, 6) is -0.779. The highest BCUT2D eigenvalue weighted by atomic mass is 35.5. The van der Waals surface area contributed by atoms with Crippen LogP contribution in [-0.4, -0.2) is 16.8 Å². The Bertz CT molecular complexity index is 778. The van der Waals surface area contributed by atoms with Gasteiger partial charge in [0.15, 0.2) is 0 Å². The summed E-state index contributed by atoms with van der Waals surface area (Å²) in [5.41, 5.74) is 0.0822. The van der Waals surface area contributed by atoms with E-state index >= 15 is 0 Å². The van der Waals surface area contributed by atoms with E-state index in [1.165, 1.54) is 24.3 Å². The predicted octanol–water partition coefficient (Wildman–Crippen LogP) is 3.45. The van der Waals surface area contributed by atoms with Crippen LogP contribution in [0.15, 0.2) is 48.5 Å². The summed E-state index contributed by atoms with van der Waals surface area (Å²) in [4.78, 5) is 26.1. The summed E-state index contributed by atoms with van der Waals surface area (Å²) < 4.78 is 13.1. The lowest BCUT2D eigenvalue weighted by Gasteiger charge is -2.22. The van der Waals surface area contributed by atoms with Gasteiger partial charge in [0.25, 0.3) is 5.91 Å². The topological polar surface area (TPSA) is 49.4 Å². The number of halogens is 2. The van der Waals surface area contributed by atoms with Crippen molar-refractivity contribution in [1.29, 1.82) is 0 Å². The van der Waals surface area contributed by atoms with Crippen molar-refractivity contribution < 1.29 is 14.0 Å². The highest BCUT2D eigenvalue weighted by molar-refractivity contribution is 6.30. The van der Waals surface area contributed by atoms with Gasteiger partial charge in [-0.05, 0) is 42.3 Å². The first kappa shape index (κ1) is 15.5. The normalized spacial score (nSPS) is 20.7. The molecule has 3 rings (SSSR count). The van der Waals surface area contributed by atoms with Gasteiger partial charge in [-0.1, -0.05) is 35.9 Å². The van der Waals surface area contributed by atoms with E-state index in [-0.39, 0.29) is 12.5 Å². The second-order valence-corrected chi connectivity index (χ2v) is 6.02. The van der Waals surface area contributed by atoms with E-state index < -0.39 is 17.4 Å². The molecule has 1 unspecified atom stereocenters. The minimum atomic E-state index is -1.21. The van der Waals surface area contributed by atoms with Gasteiger partial charge in [0.2, 0.25) is 0 Å². The first-order valence-electron chi connectivity index (χ1n) is 7.05. The number of nitrogens with one attached hydrogen (secondary N) is 1. The van der Waals surface area contributed by atoms with E-state index in [9.17, 15) is 14.0 Å². The van der Waals surface area contributed by atoms with E-state index in [1.807, 2.05) is 0 Å². The first-order valence-corrected chi connectivity index (χ1v) is 7.42. The maximum Gasteiger partial charge on any atom is 0.325 e. The Labute approximate surface area is 137 Å². The van der Waals surface area contributed by atoms with Gasteiger partial charge in [0.05, 0.1) is 6.54 Å². The Balaban J connectivity index is 1.89. The van der Waals surface area contributed by atoms with Crippen LogP contribution in [0.3, 0.4) is 0 Å². The van der Waals surface area contributed by atoms with Gasteiger partial charge in [0, 0.05) is 5.02 Å². The molecule has 4 nitrogen and oxygen atoms in total. The third-order valence-corrected chi connectivity index (χ3v) is 4.16. The molecule has 1 atom stereocenters. The van der Waals surface area contributed by atoms with Gasteiger partial charge in [-0.15, -0.1) is 0 Å². The molecule has 23 heavy (non-hydrogen) atoms. The molecular formula is C17H14ClFN2O2. The average molecular weight is 333 g/mol. The number of benzene rings is 2. The summed E-state index contributed by atoms with van der Waals surface area (Å²) in [7, 11) is 0. The maximum atomic E-state index is 13.1. The molecule has 6 heteroatoms. The van der Waals surface area contributed by atoms with Crippen LogP contribution in [0.4, 0.5) is 9.18 Å². The fraction of sp³-hybridized carbons (Fsp3) is 0.176. The number of carbonyl (C=O) groups excluding carboxylic acids is 2. The molecule has 0 aliphatic carbocycles. The van der Waals surface area contributed by atoms with E-state index in [0.717, 1.165) is 10.5 Å². The summed E-state index contributed by atoms with van der Waals surface area (Å²) >= 11 is 5.93. The Kier molecular flexibility index (Phi) is 3.82. The predicted molar refractivity (Wildman–Crippen MR) is 84.3 cm³/mol. The van der Waals surface area contributed by atoms with Crippen molar-refractivity contribution in [3.05, 3.63) is 70.5 Å². The number of nitrogens with zero attached hydrogens (tertiary/aromatic N) is 1. The molecule has 2 aromatic carbocycles. The van der Waals surface area contributed by atoms with Crippen molar-refractivity contribution in [2.24, 2.45) is 0 Å². The first-order chi connectivity index (χ1) is 10.9. The van der Waals surface area contributed by atoms with Crippen LogP contribution in [0.2, 0.25) is 5.02 Å². The van der Waals surface area contributed by atoms with Crippen LogP contribution in [0.5, 0.6) is 0 Å². The van der Waals surface area contributed by atoms with Gasteiger partial charge in [-0.3, -0.25) is 9.69 Å². The number of imide groups is 1. The van der Waals surface area contributed by atoms with Crippen LogP contribution in [-0.2, 0) is 16.9 Å². The average Bonchev–Trinajstić information content (AvgIpc) is 2.72. The molecule has 1 fully saturated rings. The third kappa shape index (κ3) is 2.80. The van der Waals surface area contributed by atoms with E-state index in [0.29, 0.717) is 10.6 Å². The Morgan fingerprint density at radius 3 is 2.52 bits per heavy atom. The van der Waals surface area contributed by atoms with Crippen molar-refractivity contribution >= 4 is 23.5 Å². The zero-order chi connectivity index (χ0) is 16.6. The zero-order valence-corrected chi connectivity index (χ0v) is 13.1. The van der Waals surface area contributed by atoms with Crippen LogP contribution < -0.4 is 5.32 Å². The van der Waals surface area contributed by atoms with E-state index in [4.69, 9.17) is 11.6 Å². The molecule has 1 saturated heterocycles. The molecule has 0 aromatic heterocycles. The van der Waals surface area contributed by atoms with Gasteiger partial charge in [0.1, 0.15) is 11.4 Å². The minimum absolute atomic E-state index is 0.127. The number of urea groups is 1. The fourth-order valence-electron chi connectivity index (χ4n) is 2.64. The van der Waals surface area contributed by atoms with E-state index in [1.54, 1.807) is 31.2 Å². The molecule has 0 bridgehead atoms. The number of hydrogen-bond acceptors (Lipinski definition) is 2. The summed E-state index contributed by atoms with van der Waals surface area (Å²) in [5, 5.41) is 3.22. The third-order valence-electron chi connectivity index (χ3n) is 3.93. The maximum absolute atomic E-state index is 13.1. The van der Waals surface area contributed by atoms with Crippen molar-refractivity contribution in [2.45, 2.75) is 19.0 Å². The summed E-state index contributed by atoms with van der Waals surface area (Å²) in [6.45, 7) is 1.74. The van der Waals surface area contributed by atoms with Crippen LogP contribution in [0.25, 0.3) is 0 Å². The Morgan fingerprint density at radius 2 is 1.87 bits per heavy atom. The number of carbonyl (C=O) groups is 2. The lowest BCUT2D eigenvalue weighted by atomic mass is 9.92. The highest BCUT2D eigenvalue weighted by Gasteiger charge is 2.48. The largest absolute Gasteiger partial charge is 0.325 e. The standard InChI is InChI=1S/C17H14ClFN2O2/c1-17(12-5-7-14(19)8-6-12)15(22)21(16(23)20-17)10-11-3-2-4-13(18)9-11/h2-9H,10H2,1H3,(H,20,23). The molecule has 1 aliphatic rings. The quantitative estimate of drug-likeness (QED) is 0.875. The number of rotatable bonds is 3. The molecule has 0 saturated carbocycles. The lowest BCUT2D eigenvalue weighted by Crippen LogP contribution is -2.40. The van der Waals surface area contributed by atoms with Crippen LogP contribution in [0, 0.1) is 5.82 Å².